The van der Waals surface area contributed by atoms with Crippen molar-refractivity contribution in [3.8, 4) is 6.07 Å². The van der Waals surface area contributed by atoms with E-state index in [9.17, 15) is 15.2 Å². The van der Waals surface area contributed by atoms with Gasteiger partial charge in [-0.3, -0.25) is 4.79 Å². The summed E-state index contributed by atoms with van der Waals surface area (Å²) >= 11 is 0. The molecule has 0 radical (unpaired) electrons. The lowest BCUT2D eigenvalue weighted by atomic mass is 9.79. The third-order valence-electron chi connectivity index (χ3n) is 4.07. The van der Waals surface area contributed by atoms with E-state index in [2.05, 4.69) is 11.4 Å². The van der Waals surface area contributed by atoms with Crippen LogP contribution in [0.2, 0.25) is 0 Å². The van der Waals surface area contributed by atoms with Crippen molar-refractivity contribution in [3.63, 3.8) is 0 Å². The lowest BCUT2D eigenvalue weighted by Crippen LogP contribution is -2.41. The number of nitrogens with one attached hydrogen (secondary N) is 1. The molecule has 0 heterocycles. The molecule has 2 atom stereocenters. The molecule has 2 unspecified atom stereocenters. The minimum atomic E-state index is -0.860. The zero-order valence-electron chi connectivity index (χ0n) is 12.1. The van der Waals surface area contributed by atoms with Crippen LogP contribution in [0.4, 0.5) is 0 Å². The highest BCUT2D eigenvalue weighted by Crippen LogP contribution is 2.30. The molecular formula is C15H26N2O2. The fourth-order valence-corrected chi connectivity index (χ4v) is 3.01. The maximum atomic E-state index is 12.3. The van der Waals surface area contributed by atoms with Gasteiger partial charge >= 0.3 is 0 Å². The van der Waals surface area contributed by atoms with Crippen LogP contribution in [0.5, 0.6) is 0 Å². The molecule has 2 N–H and O–H groups in total. The molecule has 108 valence electrons. The van der Waals surface area contributed by atoms with Crippen LogP contribution in [-0.2, 0) is 4.79 Å². The van der Waals surface area contributed by atoms with Gasteiger partial charge in [-0.2, -0.15) is 5.26 Å². The second-order valence-electron chi connectivity index (χ2n) is 5.74. The number of aliphatic hydroxyl groups is 1. The molecule has 1 aliphatic rings. The van der Waals surface area contributed by atoms with Crippen LogP contribution in [0, 0.1) is 22.7 Å². The highest BCUT2D eigenvalue weighted by atomic mass is 16.3. The van der Waals surface area contributed by atoms with E-state index in [-0.39, 0.29) is 12.0 Å². The van der Waals surface area contributed by atoms with Gasteiger partial charge < -0.3 is 10.4 Å². The van der Waals surface area contributed by atoms with Crippen molar-refractivity contribution < 1.29 is 9.90 Å². The van der Waals surface area contributed by atoms with Crippen LogP contribution in [0.25, 0.3) is 0 Å². The average molecular weight is 266 g/mol. The van der Waals surface area contributed by atoms with Crippen molar-refractivity contribution in [1.82, 2.24) is 5.32 Å². The van der Waals surface area contributed by atoms with Crippen LogP contribution in [-0.4, -0.2) is 23.7 Å². The van der Waals surface area contributed by atoms with Gasteiger partial charge in [0, 0.05) is 6.54 Å². The first-order valence-electron chi connectivity index (χ1n) is 7.45. The van der Waals surface area contributed by atoms with E-state index in [1.807, 2.05) is 13.8 Å². The lowest BCUT2D eigenvalue weighted by Gasteiger charge is -2.25. The van der Waals surface area contributed by atoms with Crippen molar-refractivity contribution in [1.29, 1.82) is 5.26 Å². The molecule has 0 aromatic carbocycles. The predicted molar refractivity (Wildman–Crippen MR) is 74.2 cm³/mol. The Morgan fingerprint density at radius 3 is 2.42 bits per heavy atom. The molecule has 1 rings (SSSR count). The predicted octanol–water partition coefficient (Wildman–Crippen LogP) is 2.37. The molecule has 0 saturated heterocycles. The minimum Gasteiger partial charge on any atom is -0.393 e. The van der Waals surface area contributed by atoms with E-state index < -0.39 is 5.41 Å². The van der Waals surface area contributed by atoms with Crippen molar-refractivity contribution in [2.24, 2.45) is 11.3 Å². The van der Waals surface area contributed by atoms with Crippen LogP contribution in [0.3, 0.4) is 0 Å². The Hall–Kier alpha value is -1.08. The summed E-state index contributed by atoms with van der Waals surface area (Å²) in [6.45, 7) is 4.59. The van der Waals surface area contributed by atoms with Gasteiger partial charge in [-0.15, -0.1) is 0 Å². The minimum absolute atomic E-state index is 0.125. The summed E-state index contributed by atoms with van der Waals surface area (Å²) in [5.74, 6) is 0.235. The number of aliphatic hydroxyl groups excluding tert-OH is 1. The van der Waals surface area contributed by atoms with Crippen LogP contribution >= 0.6 is 0 Å². The molecule has 19 heavy (non-hydrogen) atoms. The molecule has 1 fully saturated rings. The highest BCUT2D eigenvalue weighted by molar-refractivity contribution is 5.85. The maximum absolute atomic E-state index is 12.3. The number of amides is 1. The molecular weight excluding hydrogens is 240 g/mol. The largest absolute Gasteiger partial charge is 0.393 e. The molecule has 0 aromatic heterocycles. The Morgan fingerprint density at radius 1 is 1.37 bits per heavy atom. The Morgan fingerprint density at radius 2 is 2.00 bits per heavy atom. The normalized spacial score (nSPS) is 23.1. The Labute approximate surface area is 116 Å². The summed E-state index contributed by atoms with van der Waals surface area (Å²) in [5, 5.41) is 21.8. The van der Waals surface area contributed by atoms with Crippen molar-refractivity contribution >= 4 is 5.91 Å². The van der Waals surface area contributed by atoms with E-state index in [0.717, 1.165) is 32.1 Å². The van der Waals surface area contributed by atoms with Gasteiger partial charge in [0.15, 0.2) is 0 Å². The quantitative estimate of drug-likeness (QED) is 0.743. The van der Waals surface area contributed by atoms with Crippen LogP contribution < -0.4 is 5.32 Å². The van der Waals surface area contributed by atoms with Crippen molar-refractivity contribution in [3.05, 3.63) is 0 Å². The number of hydrogen-bond acceptors (Lipinski definition) is 3. The third kappa shape index (κ3) is 4.21. The van der Waals surface area contributed by atoms with Gasteiger partial charge in [0.25, 0.3) is 0 Å². The Balaban J connectivity index is 2.54. The topological polar surface area (TPSA) is 73.1 Å². The molecule has 0 aliphatic heterocycles. The summed E-state index contributed by atoms with van der Waals surface area (Å²) < 4.78 is 0. The highest BCUT2D eigenvalue weighted by Gasteiger charge is 2.37. The van der Waals surface area contributed by atoms with Gasteiger partial charge in [0.2, 0.25) is 5.91 Å². The zero-order valence-corrected chi connectivity index (χ0v) is 12.1. The fraction of sp³-hybridized carbons (Fsp3) is 0.867. The Bertz CT molecular complexity index is 330. The molecule has 1 aliphatic carbocycles. The zero-order chi connectivity index (χ0) is 14.3. The second-order valence-corrected chi connectivity index (χ2v) is 5.74. The van der Waals surface area contributed by atoms with E-state index in [0.29, 0.717) is 25.3 Å². The standard InChI is InChI=1S/C15H26N2O2/c1-3-7-15(11-16,8-4-2)14(19)17-10-12-5-6-13(18)9-12/h12-13,18H,3-10H2,1-2H3,(H,17,19). The number of hydrogen-bond donors (Lipinski definition) is 2. The van der Waals surface area contributed by atoms with Crippen molar-refractivity contribution in [2.75, 3.05) is 6.54 Å². The molecule has 1 amide bonds. The summed E-state index contributed by atoms with van der Waals surface area (Å²) in [7, 11) is 0. The number of rotatable bonds is 7. The fourth-order valence-electron chi connectivity index (χ4n) is 3.01. The SMILES string of the molecule is CCCC(C#N)(CCC)C(=O)NCC1CCC(O)C1. The monoisotopic (exact) mass is 266 g/mol. The van der Waals surface area contributed by atoms with Gasteiger partial charge in [-0.25, -0.2) is 0 Å². The maximum Gasteiger partial charge on any atom is 0.240 e. The number of nitrogens with zero attached hydrogens (tertiary/aromatic N) is 1. The van der Waals surface area contributed by atoms with Gasteiger partial charge in [0.1, 0.15) is 5.41 Å². The molecule has 0 aromatic rings. The molecule has 1 saturated carbocycles. The number of carbonyl (C=O) groups excluding carboxylic acids is 1. The Kier molecular flexibility index (Phi) is 6.30. The first-order valence-corrected chi connectivity index (χ1v) is 7.45. The van der Waals surface area contributed by atoms with Gasteiger partial charge in [-0.05, 0) is 38.0 Å². The molecule has 4 nitrogen and oxygen atoms in total. The van der Waals surface area contributed by atoms with Crippen LogP contribution in [0.15, 0.2) is 0 Å². The first-order chi connectivity index (χ1) is 9.07. The average Bonchev–Trinajstić information content (AvgIpc) is 2.81. The van der Waals surface area contributed by atoms with E-state index in [4.69, 9.17) is 0 Å². The molecule has 0 bridgehead atoms. The third-order valence-corrected chi connectivity index (χ3v) is 4.07. The summed E-state index contributed by atoms with van der Waals surface area (Å²) in [4.78, 5) is 12.3. The summed E-state index contributed by atoms with van der Waals surface area (Å²) in [6.07, 6.45) is 5.26. The van der Waals surface area contributed by atoms with Crippen molar-refractivity contribution in [2.45, 2.75) is 64.9 Å². The summed E-state index contributed by atoms with van der Waals surface area (Å²) in [5.41, 5.74) is -0.860. The molecule has 0 spiro atoms. The lowest BCUT2D eigenvalue weighted by molar-refractivity contribution is -0.129. The smallest absolute Gasteiger partial charge is 0.240 e. The van der Waals surface area contributed by atoms with Crippen LogP contribution in [0.1, 0.15) is 58.8 Å². The second kappa shape index (κ2) is 7.49. The molecule has 4 heteroatoms. The van der Waals surface area contributed by atoms with Gasteiger partial charge in [-0.1, -0.05) is 26.7 Å². The van der Waals surface area contributed by atoms with Gasteiger partial charge in [0.05, 0.1) is 12.2 Å². The van der Waals surface area contributed by atoms with E-state index >= 15 is 0 Å². The summed E-state index contributed by atoms with van der Waals surface area (Å²) in [6, 6.07) is 2.24. The van der Waals surface area contributed by atoms with E-state index in [1.165, 1.54) is 0 Å². The number of carbonyl (C=O) groups is 1. The van der Waals surface area contributed by atoms with E-state index in [1.54, 1.807) is 0 Å². The first kappa shape index (κ1) is 16.0. The number of nitriles is 1.